The van der Waals surface area contributed by atoms with Crippen molar-refractivity contribution in [1.82, 2.24) is 0 Å². The van der Waals surface area contributed by atoms with E-state index in [9.17, 15) is 9.59 Å². The van der Waals surface area contributed by atoms with Crippen molar-refractivity contribution >= 4 is 23.2 Å². The van der Waals surface area contributed by atoms with Crippen molar-refractivity contribution in [2.45, 2.75) is 45.6 Å². The maximum atomic E-state index is 12.3. The van der Waals surface area contributed by atoms with Crippen LogP contribution < -0.4 is 15.4 Å². The molecule has 0 saturated heterocycles. The van der Waals surface area contributed by atoms with Gasteiger partial charge >= 0.3 is 0 Å². The first kappa shape index (κ1) is 18.0. The molecule has 3 rings (SSSR count). The Morgan fingerprint density at radius 1 is 1.04 bits per heavy atom. The number of ether oxygens (including phenoxy) is 1. The van der Waals surface area contributed by atoms with Gasteiger partial charge in [0.1, 0.15) is 11.4 Å². The Kier molecular flexibility index (Phi) is 4.98. The number of hydrogen-bond acceptors (Lipinski definition) is 3. The summed E-state index contributed by atoms with van der Waals surface area (Å²) in [5, 5.41) is 5.58. The molecule has 1 aliphatic heterocycles. The fraction of sp³-hybridized carbons (Fsp3) is 0.333. The van der Waals surface area contributed by atoms with Crippen LogP contribution in [0.15, 0.2) is 42.5 Å². The molecule has 26 heavy (non-hydrogen) atoms. The Hall–Kier alpha value is -2.82. The van der Waals surface area contributed by atoms with Gasteiger partial charge in [-0.2, -0.15) is 0 Å². The standard InChI is InChI=1S/C21H24N2O3/c1-14(24)22-17-5-7-18(8-6-17)23-20(25)13-15-4-9-19-16(12-15)10-11-21(2,3)26-19/h4-9,12H,10-11,13H2,1-3H3,(H,22,24)(H,23,25). The van der Waals surface area contributed by atoms with Crippen molar-refractivity contribution in [3.05, 3.63) is 53.6 Å². The van der Waals surface area contributed by atoms with Gasteiger partial charge in [0.2, 0.25) is 11.8 Å². The quantitative estimate of drug-likeness (QED) is 0.876. The second-order valence-corrected chi connectivity index (χ2v) is 7.29. The first-order valence-electron chi connectivity index (χ1n) is 8.79. The van der Waals surface area contributed by atoms with Gasteiger partial charge in [0.05, 0.1) is 6.42 Å². The predicted octanol–water partition coefficient (Wildman–Crippen LogP) is 3.93. The zero-order chi connectivity index (χ0) is 18.7. The van der Waals surface area contributed by atoms with Crippen molar-refractivity contribution < 1.29 is 14.3 Å². The third kappa shape index (κ3) is 4.63. The van der Waals surface area contributed by atoms with Crippen LogP contribution in [0.3, 0.4) is 0 Å². The van der Waals surface area contributed by atoms with Gasteiger partial charge < -0.3 is 15.4 Å². The van der Waals surface area contributed by atoms with Gasteiger partial charge in [0, 0.05) is 18.3 Å². The molecule has 0 radical (unpaired) electrons. The normalized spacial score (nSPS) is 14.7. The second kappa shape index (κ2) is 7.20. The maximum Gasteiger partial charge on any atom is 0.228 e. The number of anilines is 2. The topological polar surface area (TPSA) is 67.4 Å². The molecule has 2 aromatic carbocycles. The second-order valence-electron chi connectivity index (χ2n) is 7.29. The molecule has 2 amide bonds. The summed E-state index contributed by atoms with van der Waals surface area (Å²) < 4.78 is 5.98. The fourth-order valence-electron chi connectivity index (χ4n) is 3.05. The summed E-state index contributed by atoms with van der Waals surface area (Å²) in [6, 6.07) is 13.0. The van der Waals surface area contributed by atoms with E-state index in [2.05, 4.69) is 30.5 Å². The van der Waals surface area contributed by atoms with E-state index in [-0.39, 0.29) is 17.4 Å². The van der Waals surface area contributed by atoms with E-state index in [1.807, 2.05) is 12.1 Å². The number of hydrogen-bond donors (Lipinski definition) is 2. The minimum Gasteiger partial charge on any atom is -0.488 e. The fourth-order valence-corrected chi connectivity index (χ4v) is 3.05. The lowest BCUT2D eigenvalue weighted by Gasteiger charge is -2.32. The largest absolute Gasteiger partial charge is 0.488 e. The Balaban J connectivity index is 1.61. The average Bonchev–Trinajstić information content (AvgIpc) is 2.56. The van der Waals surface area contributed by atoms with E-state index < -0.39 is 0 Å². The number of aryl methyl sites for hydroxylation is 1. The van der Waals surface area contributed by atoms with Crippen LogP contribution in [0, 0.1) is 0 Å². The summed E-state index contributed by atoms with van der Waals surface area (Å²) in [7, 11) is 0. The molecular weight excluding hydrogens is 328 g/mol. The van der Waals surface area contributed by atoms with E-state index in [0.717, 1.165) is 29.7 Å². The number of rotatable bonds is 4. The molecular formula is C21H24N2O3. The van der Waals surface area contributed by atoms with Gasteiger partial charge in [-0.25, -0.2) is 0 Å². The summed E-state index contributed by atoms with van der Waals surface area (Å²) in [6.45, 7) is 5.64. The van der Waals surface area contributed by atoms with Crippen molar-refractivity contribution in [1.29, 1.82) is 0 Å². The van der Waals surface area contributed by atoms with Crippen molar-refractivity contribution in [3.8, 4) is 5.75 Å². The molecule has 136 valence electrons. The van der Waals surface area contributed by atoms with Gasteiger partial charge in [0.25, 0.3) is 0 Å². The van der Waals surface area contributed by atoms with E-state index in [1.54, 1.807) is 24.3 Å². The van der Waals surface area contributed by atoms with E-state index in [0.29, 0.717) is 17.8 Å². The summed E-state index contributed by atoms with van der Waals surface area (Å²) in [4.78, 5) is 23.3. The molecule has 0 atom stereocenters. The lowest BCUT2D eigenvalue weighted by atomic mass is 9.93. The van der Waals surface area contributed by atoms with Crippen LogP contribution in [0.1, 0.15) is 38.3 Å². The van der Waals surface area contributed by atoms with Gasteiger partial charge in [-0.05, 0) is 68.1 Å². The summed E-state index contributed by atoms with van der Waals surface area (Å²) in [5.41, 5.74) is 3.41. The van der Waals surface area contributed by atoms with Crippen LogP contribution in [-0.4, -0.2) is 17.4 Å². The summed E-state index contributed by atoms with van der Waals surface area (Å²) >= 11 is 0. The monoisotopic (exact) mass is 352 g/mol. The molecule has 0 aromatic heterocycles. The van der Waals surface area contributed by atoms with Crippen LogP contribution in [0.2, 0.25) is 0 Å². The van der Waals surface area contributed by atoms with Crippen molar-refractivity contribution in [2.24, 2.45) is 0 Å². The summed E-state index contributed by atoms with van der Waals surface area (Å²) in [5.74, 6) is 0.717. The third-order valence-corrected chi connectivity index (χ3v) is 4.36. The van der Waals surface area contributed by atoms with Gasteiger partial charge in [-0.1, -0.05) is 12.1 Å². The first-order chi connectivity index (χ1) is 12.3. The van der Waals surface area contributed by atoms with Crippen LogP contribution in [0.4, 0.5) is 11.4 Å². The average molecular weight is 352 g/mol. The number of fused-ring (bicyclic) bond motifs is 1. The lowest BCUT2D eigenvalue weighted by molar-refractivity contribution is -0.116. The zero-order valence-electron chi connectivity index (χ0n) is 15.4. The molecule has 0 fully saturated rings. The molecule has 2 N–H and O–H groups in total. The third-order valence-electron chi connectivity index (χ3n) is 4.36. The Labute approximate surface area is 153 Å². The minimum atomic E-state index is -0.130. The molecule has 1 heterocycles. The smallest absolute Gasteiger partial charge is 0.228 e. The summed E-state index contributed by atoms with van der Waals surface area (Å²) in [6.07, 6.45) is 2.24. The van der Waals surface area contributed by atoms with Crippen molar-refractivity contribution in [2.75, 3.05) is 10.6 Å². The number of benzene rings is 2. The molecule has 0 spiro atoms. The zero-order valence-corrected chi connectivity index (χ0v) is 15.4. The lowest BCUT2D eigenvalue weighted by Crippen LogP contribution is -2.32. The van der Waals surface area contributed by atoms with Gasteiger partial charge in [-0.15, -0.1) is 0 Å². The van der Waals surface area contributed by atoms with E-state index >= 15 is 0 Å². The van der Waals surface area contributed by atoms with Crippen LogP contribution in [0.5, 0.6) is 5.75 Å². The van der Waals surface area contributed by atoms with Crippen molar-refractivity contribution in [3.63, 3.8) is 0 Å². The highest BCUT2D eigenvalue weighted by molar-refractivity contribution is 5.93. The van der Waals surface area contributed by atoms with Gasteiger partial charge in [0.15, 0.2) is 0 Å². The van der Waals surface area contributed by atoms with E-state index in [4.69, 9.17) is 4.74 Å². The van der Waals surface area contributed by atoms with Gasteiger partial charge in [-0.3, -0.25) is 9.59 Å². The molecule has 1 aliphatic rings. The van der Waals surface area contributed by atoms with Crippen LogP contribution >= 0.6 is 0 Å². The molecule has 0 unspecified atom stereocenters. The Bertz CT molecular complexity index is 826. The maximum absolute atomic E-state index is 12.3. The minimum absolute atomic E-state index is 0.0747. The van der Waals surface area contributed by atoms with Crippen LogP contribution in [-0.2, 0) is 22.4 Å². The number of carbonyl (C=O) groups is 2. The Morgan fingerprint density at radius 3 is 2.35 bits per heavy atom. The number of amides is 2. The molecule has 0 aliphatic carbocycles. The Morgan fingerprint density at radius 2 is 1.69 bits per heavy atom. The first-order valence-corrected chi connectivity index (χ1v) is 8.79. The SMILES string of the molecule is CC(=O)Nc1ccc(NC(=O)Cc2ccc3c(c2)CCC(C)(C)O3)cc1. The number of carbonyl (C=O) groups excluding carboxylic acids is 2. The highest BCUT2D eigenvalue weighted by Gasteiger charge is 2.26. The van der Waals surface area contributed by atoms with E-state index in [1.165, 1.54) is 6.92 Å². The predicted molar refractivity (Wildman–Crippen MR) is 103 cm³/mol. The molecule has 5 heteroatoms. The van der Waals surface area contributed by atoms with Crippen LogP contribution in [0.25, 0.3) is 0 Å². The molecule has 2 aromatic rings. The highest BCUT2D eigenvalue weighted by Crippen LogP contribution is 2.33. The molecule has 5 nitrogen and oxygen atoms in total. The molecule has 0 bridgehead atoms. The number of nitrogens with one attached hydrogen (secondary N) is 2. The highest BCUT2D eigenvalue weighted by atomic mass is 16.5. The molecule has 0 saturated carbocycles.